The molecule has 2 aliphatic heterocycles. The third-order valence-corrected chi connectivity index (χ3v) is 4.94. The molecule has 0 atom stereocenters. The Hall–Kier alpha value is -3.94. The second kappa shape index (κ2) is 7.82. The summed E-state index contributed by atoms with van der Waals surface area (Å²) in [5.41, 5.74) is 1.81. The van der Waals surface area contributed by atoms with Crippen molar-refractivity contribution in [2.75, 3.05) is 29.9 Å². The van der Waals surface area contributed by atoms with Crippen molar-refractivity contribution >= 4 is 35.0 Å². The van der Waals surface area contributed by atoms with E-state index in [-0.39, 0.29) is 31.4 Å². The predicted octanol–water partition coefficient (Wildman–Crippen LogP) is 2.22. The van der Waals surface area contributed by atoms with Crippen LogP contribution in [0.3, 0.4) is 0 Å². The highest BCUT2D eigenvalue weighted by Crippen LogP contribution is 2.34. The minimum Gasteiger partial charge on any atom is -0.481 e. The molecular formula is C22H19N3O5. The zero-order chi connectivity index (χ0) is 21.3. The summed E-state index contributed by atoms with van der Waals surface area (Å²) in [6, 6.07) is 11.6. The van der Waals surface area contributed by atoms with Crippen LogP contribution in [0.1, 0.15) is 27.1 Å². The highest BCUT2D eigenvalue weighted by molar-refractivity contribution is 6.21. The first-order valence-corrected chi connectivity index (χ1v) is 9.43. The Kier molecular flexibility index (Phi) is 5.05. The van der Waals surface area contributed by atoms with E-state index >= 15 is 0 Å². The molecule has 0 fully saturated rings. The number of ether oxygens (including phenoxy) is 1. The van der Waals surface area contributed by atoms with Crippen molar-refractivity contribution < 1.29 is 23.9 Å². The fraction of sp³-hybridized carbons (Fsp3) is 0.182. The van der Waals surface area contributed by atoms with Gasteiger partial charge in [-0.1, -0.05) is 18.2 Å². The molecule has 0 aromatic heterocycles. The van der Waals surface area contributed by atoms with E-state index in [1.54, 1.807) is 53.4 Å². The summed E-state index contributed by atoms with van der Waals surface area (Å²) in [5.74, 6) is -0.814. The molecule has 8 heteroatoms. The van der Waals surface area contributed by atoms with Crippen LogP contribution < -0.4 is 15.0 Å². The lowest BCUT2D eigenvalue weighted by atomic mass is 10.1. The van der Waals surface area contributed by atoms with Crippen LogP contribution in [0.4, 0.5) is 11.4 Å². The first-order valence-electron chi connectivity index (χ1n) is 9.43. The van der Waals surface area contributed by atoms with Gasteiger partial charge in [0.1, 0.15) is 5.75 Å². The average Bonchev–Trinajstić information content (AvgIpc) is 2.99. The zero-order valence-electron chi connectivity index (χ0n) is 16.1. The maximum Gasteiger partial charge on any atom is 0.265 e. The molecule has 1 N–H and O–H groups in total. The van der Waals surface area contributed by atoms with Crippen LogP contribution in [0.5, 0.6) is 5.75 Å². The van der Waals surface area contributed by atoms with E-state index in [0.717, 1.165) is 4.90 Å². The summed E-state index contributed by atoms with van der Waals surface area (Å²) in [6.07, 6.45) is 1.59. The quantitative estimate of drug-likeness (QED) is 0.587. The molecule has 0 unspecified atom stereocenters. The molecule has 2 aliphatic rings. The lowest BCUT2D eigenvalue weighted by Gasteiger charge is -2.28. The molecule has 4 amide bonds. The highest BCUT2D eigenvalue weighted by Gasteiger charge is 2.35. The maximum atomic E-state index is 12.4. The predicted molar refractivity (Wildman–Crippen MR) is 110 cm³/mol. The second-order valence-electron chi connectivity index (χ2n) is 6.87. The van der Waals surface area contributed by atoms with Gasteiger partial charge in [0, 0.05) is 31.3 Å². The van der Waals surface area contributed by atoms with Gasteiger partial charge in [0.05, 0.1) is 16.8 Å². The second-order valence-corrected chi connectivity index (χ2v) is 6.87. The van der Waals surface area contributed by atoms with E-state index in [4.69, 9.17) is 4.74 Å². The fourth-order valence-electron chi connectivity index (χ4n) is 3.49. The highest BCUT2D eigenvalue weighted by atomic mass is 16.5. The number of carbonyl (C=O) groups excluding carboxylic acids is 4. The van der Waals surface area contributed by atoms with Crippen molar-refractivity contribution in [2.24, 2.45) is 0 Å². The molecule has 2 heterocycles. The Morgan fingerprint density at radius 1 is 1.07 bits per heavy atom. The Morgan fingerprint density at radius 2 is 1.77 bits per heavy atom. The van der Waals surface area contributed by atoms with Crippen LogP contribution in [-0.4, -0.2) is 48.2 Å². The van der Waals surface area contributed by atoms with Crippen LogP contribution in [0.15, 0.2) is 55.1 Å². The van der Waals surface area contributed by atoms with Crippen molar-refractivity contribution in [1.29, 1.82) is 0 Å². The Labute approximate surface area is 172 Å². The van der Waals surface area contributed by atoms with Crippen LogP contribution in [0.2, 0.25) is 0 Å². The largest absolute Gasteiger partial charge is 0.481 e. The smallest absolute Gasteiger partial charge is 0.265 e. The number of benzene rings is 2. The number of hydrogen-bond donors (Lipinski definition) is 1. The normalized spacial score (nSPS) is 14.9. The number of hydrogen-bond acceptors (Lipinski definition) is 5. The summed E-state index contributed by atoms with van der Waals surface area (Å²) in [7, 11) is 0. The number of fused-ring (bicyclic) bond motifs is 2. The van der Waals surface area contributed by atoms with Gasteiger partial charge >= 0.3 is 0 Å². The van der Waals surface area contributed by atoms with Crippen molar-refractivity contribution in [3.8, 4) is 5.75 Å². The van der Waals surface area contributed by atoms with Gasteiger partial charge in [-0.05, 0) is 24.3 Å². The van der Waals surface area contributed by atoms with Crippen LogP contribution in [0.25, 0.3) is 0 Å². The number of amides is 4. The summed E-state index contributed by atoms with van der Waals surface area (Å²) in [4.78, 5) is 51.7. The Bertz CT molecular complexity index is 1040. The van der Waals surface area contributed by atoms with E-state index in [2.05, 4.69) is 11.9 Å². The number of rotatable bonds is 6. The van der Waals surface area contributed by atoms with Crippen molar-refractivity contribution in [3.63, 3.8) is 0 Å². The van der Waals surface area contributed by atoms with Gasteiger partial charge in [-0.3, -0.25) is 24.1 Å². The van der Waals surface area contributed by atoms with Crippen LogP contribution in [-0.2, 0) is 9.59 Å². The lowest BCUT2D eigenvalue weighted by Crippen LogP contribution is -2.38. The van der Waals surface area contributed by atoms with Crippen molar-refractivity contribution in [2.45, 2.75) is 6.42 Å². The minimum atomic E-state index is -0.391. The minimum absolute atomic E-state index is 0.0127. The van der Waals surface area contributed by atoms with Crippen LogP contribution in [0, 0.1) is 0 Å². The summed E-state index contributed by atoms with van der Waals surface area (Å²) >= 11 is 0. The van der Waals surface area contributed by atoms with Gasteiger partial charge in [0.2, 0.25) is 5.91 Å². The first kappa shape index (κ1) is 19.4. The molecule has 4 rings (SSSR count). The van der Waals surface area contributed by atoms with Gasteiger partial charge in [0.25, 0.3) is 17.7 Å². The van der Waals surface area contributed by atoms with Crippen molar-refractivity contribution in [1.82, 2.24) is 4.90 Å². The SMILES string of the molecule is C=CCN1C(=O)COc2cc(NC(=O)CCN3C(=O)c4ccccc4C3=O)ccc21. The number of nitrogens with one attached hydrogen (secondary N) is 1. The fourth-order valence-corrected chi connectivity index (χ4v) is 3.49. The molecule has 152 valence electrons. The van der Waals surface area contributed by atoms with Gasteiger partial charge in [-0.15, -0.1) is 6.58 Å². The summed E-state index contributed by atoms with van der Waals surface area (Å²) in [6.45, 7) is 3.92. The van der Waals surface area contributed by atoms with E-state index < -0.39 is 11.8 Å². The van der Waals surface area contributed by atoms with Crippen LogP contribution >= 0.6 is 0 Å². The lowest BCUT2D eigenvalue weighted by molar-refractivity contribution is -0.121. The topological polar surface area (TPSA) is 96.0 Å². The Balaban J connectivity index is 1.40. The zero-order valence-corrected chi connectivity index (χ0v) is 16.1. The number of anilines is 2. The number of carbonyl (C=O) groups is 4. The van der Waals surface area contributed by atoms with E-state index in [1.807, 2.05) is 0 Å². The third-order valence-electron chi connectivity index (χ3n) is 4.94. The van der Waals surface area contributed by atoms with E-state index in [9.17, 15) is 19.2 Å². The van der Waals surface area contributed by atoms with E-state index in [0.29, 0.717) is 34.8 Å². The van der Waals surface area contributed by atoms with Gasteiger partial charge in [-0.2, -0.15) is 0 Å². The summed E-state index contributed by atoms with van der Waals surface area (Å²) < 4.78 is 5.47. The molecule has 8 nitrogen and oxygen atoms in total. The van der Waals surface area contributed by atoms with Crippen molar-refractivity contribution in [3.05, 3.63) is 66.2 Å². The monoisotopic (exact) mass is 405 g/mol. The maximum absolute atomic E-state index is 12.4. The molecule has 0 bridgehead atoms. The first-order chi connectivity index (χ1) is 14.5. The molecule has 30 heavy (non-hydrogen) atoms. The van der Waals surface area contributed by atoms with Gasteiger partial charge in [0.15, 0.2) is 6.61 Å². The third kappa shape index (κ3) is 3.43. The summed E-state index contributed by atoms with van der Waals surface area (Å²) in [5, 5.41) is 2.73. The number of nitrogens with zero attached hydrogens (tertiary/aromatic N) is 2. The standard InChI is InChI=1S/C22H19N3O5/c1-2-10-24-17-8-7-14(12-18(17)30-13-20(24)27)23-19(26)9-11-25-21(28)15-5-3-4-6-16(15)22(25)29/h2-8,12H,1,9-11,13H2,(H,23,26). The molecular weight excluding hydrogens is 386 g/mol. The molecule has 0 spiro atoms. The molecule has 2 aromatic rings. The molecule has 2 aromatic carbocycles. The molecule has 0 radical (unpaired) electrons. The van der Waals surface area contributed by atoms with Gasteiger partial charge < -0.3 is 15.0 Å². The van der Waals surface area contributed by atoms with E-state index in [1.165, 1.54) is 0 Å². The average molecular weight is 405 g/mol. The molecule has 0 saturated heterocycles. The molecule has 0 saturated carbocycles. The number of imide groups is 1. The van der Waals surface area contributed by atoms with Gasteiger partial charge in [-0.25, -0.2) is 0 Å². The molecule has 0 aliphatic carbocycles. The Morgan fingerprint density at radius 3 is 2.43 bits per heavy atom.